The predicted octanol–water partition coefficient (Wildman–Crippen LogP) is -1.42. The number of amides is 1. The van der Waals surface area contributed by atoms with E-state index in [-0.39, 0.29) is 30.8 Å². The van der Waals surface area contributed by atoms with Crippen molar-refractivity contribution in [1.82, 2.24) is 10.2 Å². The molecule has 0 bridgehead atoms. The van der Waals surface area contributed by atoms with Gasteiger partial charge in [-0.25, -0.2) is 0 Å². The first kappa shape index (κ1) is 12.8. The summed E-state index contributed by atoms with van der Waals surface area (Å²) in [6.45, 7) is 4.68. The van der Waals surface area contributed by atoms with Crippen molar-refractivity contribution in [2.75, 3.05) is 39.5 Å². The minimum atomic E-state index is -0.271. The Hall–Kier alpha value is -0.690. The topological polar surface area (TPSA) is 71.0 Å². The Labute approximate surface area is 101 Å². The number of nitrogens with zero attached hydrogens (tertiary/aromatic N) is 1. The third-order valence-corrected chi connectivity index (χ3v) is 3.06. The van der Waals surface area contributed by atoms with Crippen LogP contribution in [0.2, 0.25) is 0 Å². The monoisotopic (exact) mass is 244 g/mol. The van der Waals surface area contributed by atoms with Gasteiger partial charge < -0.3 is 24.8 Å². The lowest BCUT2D eigenvalue weighted by molar-refractivity contribution is -0.151. The Morgan fingerprint density at radius 1 is 1.53 bits per heavy atom. The van der Waals surface area contributed by atoms with Gasteiger partial charge in [0.15, 0.2) is 0 Å². The van der Waals surface area contributed by atoms with Crippen molar-refractivity contribution in [1.29, 1.82) is 0 Å². The Balaban J connectivity index is 1.93. The normalized spacial score (nSPS) is 34.7. The summed E-state index contributed by atoms with van der Waals surface area (Å²) in [5.74, 6) is 0.0401. The number of carbonyl (C=O) groups excluding carboxylic acids is 1. The standard InChI is InChI=1S/C11H20N2O4/c1-8-4-13(5-9(6-14)17-8)11(15)10-7-16-3-2-12-10/h8-10,12,14H,2-7H2,1H3. The first-order valence-corrected chi connectivity index (χ1v) is 6.07. The van der Waals surface area contributed by atoms with Gasteiger partial charge in [-0.2, -0.15) is 0 Å². The molecule has 0 aliphatic carbocycles. The summed E-state index contributed by atoms with van der Waals surface area (Å²) in [4.78, 5) is 14.0. The Morgan fingerprint density at radius 2 is 2.35 bits per heavy atom. The van der Waals surface area contributed by atoms with E-state index in [0.717, 1.165) is 0 Å². The Kier molecular flexibility index (Phi) is 4.33. The van der Waals surface area contributed by atoms with Gasteiger partial charge in [0.05, 0.1) is 32.0 Å². The maximum Gasteiger partial charge on any atom is 0.242 e. The van der Waals surface area contributed by atoms with E-state index in [4.69, 9.17) is 14.6 Å². The molecule has 2 rings (SSSR count). The summed E-state index contributed by atoms with van der Waals surface area (Å²) in [7, 11) is 0. The number of hydrogen-bond acceptors (Lipinski definition) is 5. The van der Waals surface area contributed by atoms with Gasteiger partial charge in [-0.05, 0) is 6.92 Å². The van der Waals surface area contributed by atoms with Crippen molar-refractivity contribution in [2.24, 2.45) is 0 Å². The summed E-state index contributed by atoms with van der Waals surface area (Å²) in [6.07, 6.45) is -0.304. The molecule has 0 aromatic heterocycles. The largest absolute Gasteiger partial charge is 0.394 e. The van der Waals surface area contributed by atoms with Crippen LogP contribution in [0.1, 0.15) is 6.92 Å². The zero-order chi connectivity index (χ0) is 12.3. The summed E-state index contributed by atoms with van der Waals surface area (Å²) < 4.78 is 10.8. The number of ether oxygens (including phenoxy) is 2. The van der Waals surface area contributed by atoms with Crippen LogP contribution in [-0.2, 0) is 14.3 Å². The fourth-order valence-electron chi connectivity index (χ4n) is 2.27. The molecule has 2 N–H and O–H groups in total. The maximum atomic E-state index is 12.2. The highest BCUT2D eigenvalue weighted by molar-refractivity contribution is 5.82. The van der Waals surface area contributed by atoms with Crippen molar-refractivity contribution in [3.63, 3.8) is 0 Å². The van der Waals surface area contributed by atoms with Crippen LogP contribution in [-0.4, -0.2) is 73.6 Å². The molecule has 3 atom stereocenters. The molecule has 0 saturated carbocycles. The molecule has 98 valence electrons. The number of aliphatic hydroxyl groups is 1. The first-order chi connectivity index (χ1) is 8.20. The van der Waals surface area contributed by atoms with Gasteiger partial charge in [0.25, 0.3) is 0 Å². The van der Waals surface area contributed by atoms with Crippen LogP contribution in [0.3, 0.4) is 0 Å². The average molecular weight is 244 g/mol. The molecule has 0 aromatic rings. The second-order valence-electron chi connectivity index (χ2n) is 4.58. The SMILES string of the molecule is CC1CN(C(=O)C2COCCN2)CC(CO)O1. The molecule has 6 nitrogen and oxygen atoms in total. The predicted molar refractivity (Wildman–Crippen MR) is 60.6 cm³/mol. The fraction of sp³-hybridized carbons (Fsp3) is 0.909. The molecule has 2 aliphatic heterocycles. The number of rotatable bonds is 2. The van der Waals surface area contributed by atoms with E-state index in [0.29, 0.717) is 32.8 Å². The molecule has 6 heteroatoms. The van der Waals surface area contributed by atoms with E-state index in [2.05, 4.69) is 5.32 Å². The van der Waals surface area contributed by atoms with Crippen LogP contribution in [0.15, 0.2) is 0 Å². The number of nitrogens with one attached hydrogen (secondary N) is 1. The third-order valence-electron chi connectivity index (χ3n) is 3.06. The van der Waals surface area contributed by atoms with Crippen LogP contribution in [0, 0.1) is 0 Å². The summed E-state index contributed by atoms with van der Waals surface area (Å²) in [5, 5.41) is 12.3. The summed E-state index contributed by atoms with van der Waals surface area (Å²) >= 11 is 0. The van der Waals surface area contributed by atoms with Crippen molar-refractivity contribution in [3.8, 4) is 0 Å². The van der Waals surface area contributed by atoms with Crippen molar-refractivity contribution in [2.45, 2.75) is 25.2 Å². The van der Waals surface area contributed by atoms with E-state index < -0.39 is 0 Å². The molecule has 17 heavy (non-hydrogen) atoms. The highest BCUT2D eigenvalue weighted by Gasteiger charge is 2.32. The van der Waals surface area contributed by atoms with Crippen LogP contribution in [0.25, 0.3) is 0 Å². The van der Waals surface area contributed by atoms with Crippen LogP contribution in [0.5, 0.6) is 0 Å². The lowest BCUT2D eigenvalue weighted by Crippen LogP contribution is -2.58. The highest BCUT2D eigenvalue weighted by Crippen LogP contribution is 2.12. The van der Waals surface area contributed by atoms with Gasteiger partial charge >= 0.3 is 0 Å². The molecule has 0 spiro atoms. The van der Waals surface area contributed by atoms with E-state index in [1.54, 1.807) is 4.90 Å². The fourth-order valence-corrected chi connectivity index (χ4v) is 2.27. The lowest BCUT2D eigenvalue weighted by atomic mass is 10.1. The second-order valence-corrected chi connectivity index (χ2v) is 4.58. The maximum absolute atomic E-state index is 12.2. The smallest absolute Gasteiger partial charge is 0.242 e. The van der Waals surface area contributed by atoms with E-state index in [1.165, 1.54) is 0 Å². The molecule has 2 aliphatic rings. The minimum Gasteiger partial charge on any atom is -0.394 e. The van der Waals surface area contributed by atoms with E-state index in [1.807, 2.05) is 6.92 Å². The summed E-state index contributed by atoms with van der Waals surface area (Å²) in [6, 6.07) is -0.256. The Bertz CT molecular complexity index is 268. The number of aliphatic hydroxyl groups excluding tert-OH is 1. The lowest BCUT2D eigenvalue weighted by Gasteiger charge is -2.38. The zero-order valence-electron chi connectivity index (χ0n) is 10.1. The zero-order valence-corrected chi connectivity index (χ0v) is 10.1. The van der Waals surface area contributed by atoms with Gasteiger partial charge in [-0.3, -0.25) is 4.79 Å². The van der Waals surface area contributed by atoms with E-state index in [9.17, 15) is 4.79 Å². The van der Waals surface area contributed by atoms with Gasteiger partial charge in [0.1, 0.15) is 6.04 Å². The van der Waals surface area contributed by atoms with Crippen LogP contribution >= 0.6 is 0 Å². The van der Waals surface area contributed by atoms with Gasteiger partial charge in [-0.15, -0.1) is 0 Å². The first-order valence-electron chi connectivity index (χ1n) is 6.07. The number of hydrogen-bond donors (Lipinski definition) is 2. The third kappa shape index (κ3) is 3.16. The second kappa shape index (κ2) is 5.77. The van der Waals surface area contributed by atoms with Gasteiger partial charge in [-0.1, -0.05) is 0 Å². The highest BCUT2D eigenvalue weighted by atomic mass is 16.5. The van der Waals surface area contributed by atoms with Crippen molar-refractivity contribution in [3.05, 3.63) is 0 Å². The quantitative estimate of drug-likeness (QED) is 0.624. The van der Waals surface area contributed by atoms with Gasteiger partial charge in [0.2, 0.25) is 5.91 Å². The van der Waals surface area contributed by atoms with Crippen LogP contribution < -0.4 is 5.32 Å². The average Bonchev–Trinajstić information content (AvgIpc) is 2.38. The molecule has 0 aromatic carbocycles. The Morgan fingerprint density at radius 3 is 3.00 bits per heavy atom. The molecule has 0 radical (unpaired) electrons. The van der Waals surface area contributed by atoms with Crippen molar-refractivity contribution < 1.29 is 19.4 Å². The molecule has 1 amide bonds. The van der Waals surface area contributed by atoms with Gasteiger partial charge in [0, 0.05) is 19.6 Å². The molecule has 2 heterocycles. The summed E-state index contributed by atoms with van der Waals surface area (Å²) in [5.41, 5.74) is 0. The minimum absolute atomic E-state index is 0.0330. The number of morpholine rings is 2. The molecule has 2 fully saturated rings. The molecular weight excluding hydrogens is 224 g/mol. The van der Waals surface area contributed by atoms with Crippen LogP contribution in [0.4, 0.5) is 0 Å². The number of carbonyl (C=O) groups is 1. The molecule has 3 unspecified atom stereocenters. The molecular formula is C11H20N2O4. The molecule has 2 saturated heterocycles. The van der Waals surface area contributed by atoms with Crippen molar-refractivity contribution >= 4 is 5.91 Å². The van der Waals surface area contributed by atoms with E-state index >= 15 is 0 Å².